The number of anilines is 1. The first-order chi connectivity index (χ1) is 13.4. The van der Waals surface area contributed by atoms with Crippen molar-refractivity contribution < 1.29 is 22.7 Å². The van der Waals surface area contributed by atoms with Crippen molar-refractivity contribution in [1.82, 2.24) is 4.31 Å². The van der Waals surface area contributed by atoms with Gasteiger partial charge in [-0.1, -0.05) is 26.0 Å². The smallest absolute Gasteiger partial charge is 0.248 e. The number of carbonyl (C=O) groups is 1. The van der Waals surface area contributed by atoms with Crippen molar-refractivity contribution in [3.8, 4) is 11.5 Å². The van der Waals surface area contributed by atoms with E-state index in [4.69, 9.17) is 9.47 Å². The van der Waals surface area contributed by atoms with Crippen LogP contribution in [-0.2, 0) is 14.8 Å². The summed E-state index contributed by atoms with van der Waals surface area (Å²) in [4.78, 5) is 12.4. The zero-order valence-electron chi connectivity index (χ0n) is 15.7. The molecule has 2 aromatic rings. The molecule has 0 aromatic heterocycles. The highest BCUT2D eigenvalue weighted by Gasteiger charge is 2.21. The molecule has 28 heavy (non-hydrogen) atoms. The highest BCUT2D eigenvalue weighted by Crippen LogP contribution is 2.32. The van der Waals surface area contributed by atoms with Crippen LogP contribution in [0.1, 0.15) is 19.4 Å². The van der Waals surface area contributed by atoms with Gasteiger partial charge in [0.15, 0.2) is 11.5 Å². The summed E-state index contributed by atoms with van der Waals surface area (Å²) in [7, 11) is -3.58. The normalized spacial score (nSPS) is 13.2. The Hall–Kier alpha value is -2.84. The van der Waals surface area contributed by atoms with Gasteiger partial charge in [-0.15, -0.1) is 0 Å². The van der Waals surface area contributed by atoms with Crippen molar-refractivity contribution in [1.29, 1.82) is 0 Å². The number of fused-ring (bicyclic) bond motifs is 1. The van der Waals surface area contributed by atoms with Crippen LogP contribution in [0.2, 0.25) is 0 Å². The summed E-state index contributed by atoms with van der Waals surface area (Å²) in [5.41, 5.74) is 1.20. The van der Waals surface area contributed by atoms with Crippen molar-refractivity contribution in [3.63, 3.8) is 0 Å². The summed E-state index contributed by atoms with van der Waals surface area (Å²) in [5, 5.41) is 2.69. The van der Waals surface area contributed by atoms with E-state index in [9.17, 15) is 13.2 Å². The molecule has 8 heteroatoms. The number of carbonyl (C=O) groups excluding carboxylic acids is 1. The third kappa shape index (κ3) is 4.35. The molecular formula is C20H22N2O5S. The van der Waals surface area contributed by atoms with Crippen LogP contribution >= 0.6 is 0 Å². The van der Waals surface area contributed by atoms with Crippen LogP contribution in [0.4, 0.5) is 5.69 Å². The van der Waals surface area contributed by atoms with Crippen LogP contribution in [0, 0.1) is 0 Å². The molecule has 0 unspecified atom stereocenters. The molecule has 0 fully saturated rings. The van der Waals surface area contributed by atoms with E-state index >= 15 is 0 Å². The molecule has 0 aliphatic carbocycles. The van der Waals surface area contributed by atoms with Crippen LogP contribution in [0.25, 0.3) is 6.08 Å². The summed E-state index contributed by atoms with van der Waals surface area (Å²) in [6.45, 7) is 4.53. The SMILES string of the molecule is CCN(CC)S(=O)(=O)c1cccc(NC(=O)C=Cc2ccc3c(c2)OCO3)c1. The Morgan fingerprint density at radius 1 is 1.11 bits per heavy atom. The van der Waals surface area contributed by atoms with E-state index in [0.717, 1.165) is 5.56 Å². The summed E-state index contributed by atoms with van der Waals surface area (Å²) < 4.78 is 37.2. The van der Waals surface area contributed by atoms with Crippen molar-refractivity contribution in [3.05, 3.63) is 54.1 Å². The molecular weight excluding hydrogens is 380 g/mol. The molecule has 0 saturated heterocycles. The van der Waals surface area contributed by atoms with E-state index in [2.05, 4.69) is 5.32 Å². The fraction of sp³-hybridized carbons (Fsp3) is 0.250. The molecule has 7 nitrogen and oxygen atoms in total. The quantitative estimate of drug-likeness (QED) is 0.720. The Balaban J connectivity index is 1.71. The number of sulfonamides is 1. The second kappa shape index (κ2) is 8.45. The highest BCUT2D eigenvalue weighted by molar-refractivity contribution is 7.89. The standard InChI is InChI=1S/C20H22N2O5S/c1-3-22(4-2)28(24,25)17-7-5-6-16(13-17)21-20(23)11-9-15-8-10-18-19(12-15)27-14-26-18/h5-13H,3-4,14H2,1-2H3,(H,21,23). The van der Waals surface area contributed by atoms with Gasteiger partial charge in [0.05, 0.1) is 4.90 Å². The van der Waals surface area contributed by atoms with Gasteiger partial charge in [-0.05, 0) is 42.0 Å². The zero-order valence-corrected chi connectivity index (χ0v) is 16.5. The lowest BCUT2D eigenvalue weighted by Gasteiger charge is -2.18. The molecule has 148 valence electrons. The number of nitrogens with zero attached hydrogens (tertiary/aromatic N) is 1. The number of ether oxygens (including phenoxy) is 2. The second-order valence-corrected chi connectivity index (χ2v) is 7.99. The summed E-state index contributed by atoms with van der Waals surface area (Å²) in [6.07, 6.45) is 3.02. The average molecular weight is 402 g/mol. The molecule has 0 radical (unpaired) electrons. The third-order valence-electron chi connectivity index (χ3n) is 4.27. The van der Waals surface area contributed by atoms with E-state index in [1.165, 1.54) is 22.5 Å². The molecule has 3 rings (SSSR count). The van der Waals surface area contributed by atoms with Gasteiger partial charge in [0, 0.05) is 24.9 Å². The number of hydrogen-bond donors (Lipinski definition) is 1. The maximum atomic E-state index is 12.6. The third-order valence-corrected chi connectivity index (χ3v) is 6.31. The molecule has 0 atom stereocenters. The average Bonchev–Trinajstić information content (AvgIpc) is 3.15. The number of hydrogen-bond acceptors (Lipinski definition) is 5. The van der Waals surface area contributed by atoms with E-state index in [1.54, 1.807) is 44.2 Å². The Bertz CT molecular complexity index is 997. The number of nitrogens with one attached hydrogen (secondary N) is 1. The summed E-state index contributed by atoms with van der Waals surface area (Å²) in [5.74, 6) is 0.944. The van der Waals surface area contributed by atoms with Gasteiger partial charge in [-0.2, -0.15) is 4.31 Å². The minimum atomic E-state index is -3.58. The topological polar surface area (TPSA) is 84.9 Å². The van der Waals surface area contributed by atoms with Gasteiger partial charge in [-0.25, -0.2) is 8.42 Å². The fourth-order valence-electron chi connectivity index (χ4n) is 2.82. The molecule has 1 aliphatic rings. The molecule has 1 amide bonds. The Morgan fingerprint density at radius 3 is 2.61 bits per heavy atom. The summed E-state index contributed by atoms with van der Waals surface area (Å²) in [6, 6.07) is 11.6. The Labute approximate surface area is 164 Å². The molecule has 2 aromatic carbocycles. The monoisotopic (exact) mass is 402 g/mol. The fourth-order valence-corrected chi connectivity index (χ4v) is 4.32. The minimum absolute atomic E-state index is 0.147. The molecule has 0 spiro atoms. The first-order valence-corrected chi connectivity index (χ1v) is 10.4. The Morgan fingerprint density at radius 2 is 1.86 bits per heavy atom. The molecule has 1 N–H and O–H groups in total. The zero-order chi connectivity index (χ0) is 20.1. The largest absolute Gasteiger partial charge is 0.454 e. The van der Waals surface area contributed by atoms with Gasteiger partial charge in [-0.3, -0.25) is 4.79 Å². The lowest BCUT2D eigenvalue weighted by molar-refractivity contribution is -0.111. The van der Waals surface area contributed by atoms with Gasteiger partial charge >= 0.3 is 0 Å². The molecule has 0 saturated carbocycles. The molecule has 0 bridgehead atoms. The van der Waals surface area contributed by atoms with Crippen molar-refractivity contribution in [2.75, 3.05) is 25.2 Å². The Kier molecular flexibility index (Phi) is 6.01. The van der Waals surface area contributed by atoms with Crippen LogP contribution in [0.5, 0.6) is 11.5 Å². The maximum absolute atomic E-state index is 12.6. The van der Waals surface area contributed by atoms with Crippen LogP contribution in [-0.4, -0.2) is 38.5 Å². The van der Waals surface area contributed by atoms with Gasteiger partial charge in [0.25, 0.3) is 0 Å². The predicted molar refractivity (Wildman–Crippen MR) is 107 cm³/mol. The lowest BCUT2D eigenvalue weighted by atomic mass is 10.2. The van der Waals surface area contributed by atoms with Crippen LogP contribution < -0.4 is 14.8 Å². The first kappa shape index (κ1) is 19.9. The first-order valence-electron chi connectivity index (χ1n) is 8.93. The van der Waals surface area contributed by atoms with E-state index in [-0.39, 0.29) is 17.6 Å². The lowest BCUT2D eigenvalue weighted by Crippen LogP contribution is -2.30. The van der Waals surface area contributed by atoms with Gasteiger partial charge in [0.1, 0.15) is 0 Å². The van der Waals surface area contributed by atoms with Crippen molar-refractivity contribution in [2.45, 2.75) is 18.7 Å². The number of amides is 1. The van der Waals surface area contributed by atoms with E-state index in [1.807, 2.05) is 6.07 Å². The van der Waals surface area contributed by atoms with E-state index in [0.29, 0.717) is 30.3 Å². The predicted octanol–water partition coefficient (Wildman–Crippen LogP) is 3.10. The van der Waals surface area contributed by atoms with Crippen LogP contribution in [0.15, 0.2) is 53.4 Å². The van der Waals surface area contributed by atoms with Gasteiger partial charge < -0.3 is 14.8 Å². The van der Waals surface area contributed by atoms with Crippen molar-refractivity contribution in [2.24, 2.45) is 0 Å². The number of benzene rings is 2. The molecule has 1 aliphatic heterocycles. The van der Waals surface area contributed by atoms with Crippen molar-refractivity contribution >= 4 is 27.7 Å². The number of rotatable bonds is 7. The molecule has 1 heterocycles. The van der Waals surface area contributed by atoms with Gasteiger partial charge in [0.2, 0.25) is 22.7 Å². The second-order valence-electron chi connectivity index (χ2n) is 6.05. The van der Waals surface area contributed by atoms with Crippen LogP contribution in [0.3, 0.4) is 0 Å². The highest BCUT2D eigenvalue weighted by atomic mass is 32.2. The maximum Gasteiger partial charge on any atom is 0.248 e. The van der Waals surface area contributed by atoms with E-state index < -0.39 is 10.0 Å². The summed E-state index contributed by atoms with van der Waals surface area (Å²) >= 11 is 0. The minimum Gasteiger partial charge on any atom is -0.454 e.